The molecule has 148 valence electrons. The molecule has 5 nitrogen and oxygen atoms in total. The summed E-state index contributed by atoms with van der Waals surface area (Å²) in [6, 6.07) is 3.50. The van der Waals surface area contributed by atoms with Crippen LogP contribution in [0.5, 0.6) is 5.75 Å². The molecule has 0 unspecified atom stereocenters. The Hall–Kier alpha value is -2.35. The van der Waals surface area contributed by atoms with Crippen molar-refractivity contribution in [2.45, 2.75) is 57.3 Å². The van der Waals surface area contributed by atoms with Gasteiger partial charge in [0, 0.05) is 25.1 Å². The molecule has 1 aliphatic rings. The highest BCUT2D eigenvalue weighted by atomic mass is 19.3. The second-order valence-corrected chi connectivity index (χ2v) is 6.90. The molecule has 1 amide bonds. The van der Waals surface area contributed by atoms with Crippen molar-refractivity contribution in [2.75, 3.05) is 0 Å². The van der Waals surface area contributed by atoms with E-state index in [1.165, 1.54) is 12.3 Å². The highest BCUT2D eigenvalue weighted by molar-refractivity contribution is 5.97. The van der Waals surface area contributed by atoms with Gasteiger partial charge in [-0.25, -0.2) is 4.39 Å². The van der Waals surface area contributed by atoms with Gasteiger partial charge in [-0.2, -0.15) is 8.78 Å². The number of alkyl halides is 2. The molecule has 27 heavy (non-hydrogen) atoms. The molecule has 1 heterocycles. The summed E-state index contributed by atoms with van der Waals surface area (Å²) in [5.74, 6) is -1.88. The molecule has 0 spiro atoms. The van der Waals surface area contributed by atoms with Crippen LogP contribution in [0, 0.1) is 5.82 Å². The molecule has 1 saturated carbocycles. The Morgan fingerprint density at radius 2 is 2.11 bits per heavy atom. The van der Waals surface area contributed by atoms with E-state index in [9.17, 15) is 23.1 Å². The van der Waals surface area contributed by atoms with Crippen LogP contribution in [-0.2, 0) is 0 Å². The Balaban J connectivity index is 0.00000280. The highest BCUT2D eigenvalue weighted by Crippen LogP contribution is 2.31. The van der Waals surface area contributed by atoms with E-state index < -0.39 is 23.8 Å². The maximum atomic E-state index is 13.9. The van der Waals surface area contributed by atoms with Crippen molar-refractivity contribution in [3.8, 4) is 5.75 Å². The minimum Gasteiger partial charge on any atom is -0.432 e. The lowest BCUT2D eigenvalue weighted by atomic mass is 9.80. The summed E-state index contributed by atoms with van der Waals surface area (Å²) in [6.45, 7) is -1.20. The van der Waals surface area contributed by atoms with E-state index in [1.54, 1.807) is 0 Å². The Morgan fingerprint density at radius 3 is 2.74 bits per heavy atom. The van der Waals surface area contributed by atoms with Gasteiger partial charge in [0.2, 0.25) is 0 Å². The van der Waals surface area contributed by atoms with Crippen molar-refractivity contribution >= 4 is 16.8 Å². The molecular formula is C19H23F3N2O3. The summed E-state index contributed by atoms with van der Waals surface area (Å²) >= 11 is 0. The number of benzene rings is 1. The third kappa shape index (κ3) is 4.50. The summed E-state index contributed by atoms with van der Waals surface area (Å²) in [4.78, 5) is 16.5. The van der Waals surface area contributed by atoms with Gasteiger partial charge in [-0.15, -0.1) is 0 Å². The topological polar surface area (TPSA) is 71.5 Å². The molecule has 0 saturated heterocycles. The van der Waals surface area contributed by atoms with Crippen molar-refractivity contribution in [3.63, 3.8) is 0 Å². The summed E-state index contributed by atoms with van der Waals surface area (Å²) in [5.41, 5.74) is -0.156. The number of rotatable bonds is 5. The molecule has 1 aromatic heterocycles. The number of fused-ring (bicyclic) bond motifs is 1. The van der Waals surface area contributed by atoms with Crippen LogP contribution in [0.3, 0.4) is 0 Å². The van der Waals surface area contributed by atoms with Gasteiger partial charge in [-0.1, -0.05) is 6.92 Å². The van der Waals surface area contributed by atoms with E-state index in [0.29, 0.717) is 37.5 Å². The summed E-state index contributed by atoms with van der Waals surface area (Å²) in [6.07, 6.45) is 4.61. The summed E-state index contributed by atoms with van der Waals surface area (Å²) in [5, 5.41) is 13.5. The number of nitrogens with one attached hydrogen (secondary N) is 1. The van der Waals surface area contributed by atoms with Crippen molar-refractivity contribution in [1.82, 2.24) is 10.3 Å². The van der Waals surface area contributed by atoms with Crippen LogP contribution in [-0.4, -0.2) is 34.3 Å². The van der Waals surface area contributed by atoms with Gasteiger partial charge >= 0.3 is 6.61 Å². The Labute approximate surface area is 156 Å². The number of carbonyl (C=O) groups is 1. The van der Waals surface area contributed by atoms with Crippen LogP contribution in [0.2, 0.25) is 0 Å². The molecule has 1 fully saturated rings. The SMILES string of the molecule is CCC1(O)CCC(NC(=O)c2cnc3cc(OC(F)F)c(F)cc3c2)CC1.[HH]. The van der Waals surface area contributed by atoms with Crippen molar-refractivity contribution < 1.29 is 29.2 Å². The molecule has 8 heteroatoms. The zero-order valence-corrected chi connectivity index (χ0v) is 14.8. The standard InChI is InChI=1S/C19H21F3N2O3.H2/c1-2-19(26)5-3-13(4-6-19)24-17(25)12-7-11-8-14(20)16(27-18(21)22)9-15(11)23-10-12;/h7-10,13,18,26H,2-6H2,1H3,(H,24,25);1H. The fraction of sp³-hybridized carbons (Fsp3) is 0.474. The summed E-state index contributed by atoms with van der Waals surface area (Å²) < 4.78 is 42.6. The quantitative estimate of drug-likeness (QED) is 0.816. The van der Waals surface area contributed by atoms with Crippen LogP contribution in [0.15, 0.2) is 24.4 Å². The van der Waals surface area contributed by atoms with Crippen LogP contribution < -0.4 is 10.1 Å². The first-order valence-corrected chi connectivity index (χ1v) is 8.87. The molecule has 0 bridgehead atoms. The maximum absolute atomic E-state index is 13.9. The maximum Gasteiger partial charge on any atom is 0.387 e. The number of ether oxygens (including phenoxy) is 1. The van der Waals surface area contributed by atoms with E-state index in [2.05, 4.69) is 15.0 Å². The van der Waals surface area contributed by atoms with Crippen LogP contribution in [0.4, 0.5) is 13.2 Å². The predicted molar refractivity (Wildman–Crippen MR) is 95.4 cm³/mol. The molecular weight excluding hydrogens is 361 g/mol. The lowest BCUT2D eigenvalue weighted by Gasteiger charge is -2.35. The monoisotopic (exact) mass is 384 g/mol. The van der Waals surface area contributed by atoms with E-state index in [1.807, 2.05) is 6.92 Å². The Morgan fingerprint density at radius 1 is 1.41 bits per heavy atom. The fourth-order valence-electron chi connectivity index (χ4n) is 3.36. The van der Waals surface area contributed by atoms with Gasteiger partial charge in [0.05, 0.1) is 16.7 Å². The lowest BCUT2D eigenvalue weighted by Crippen LogP contribution is -2.43. The van der Waals surface area contributed by atoms with Gasteiger partial charge in [0.25, 0.3) is 5.91 Å². The number of amides is 1. The first-order chi connectivity index (χ1) is 12.8. The number of carbonyl (C=O) groups excluding carboxylic acids is 1. The van der Waals surface area contributed by atoms with Gasteiger partial charge in [0.15, 0.2) is 11.6 Å². The normalized spacial score (nSPS) is 22.8. The molecule has 2 aromatic rings. The highest BCUT2D eigenvalue weighted by Gasteiger charge is 2.32. The van der Waals surface area contributed by atoms with E-state index >= 15 is 0 Å². The number of halogens is 3. The largest absolute Gasteiger partial charge is 0.432 e. The number of pyridine rings is 1. The zero-order chi connectivity index (χ0) is 19.6. The Bertz CT molecular complexity index is 843. The first-order valence-electron chi connectivity index (χ1n) is 8.87. The third-order valence-electron chi connectivity index (χ3n) is 5.12. The third-order valence-corrected chi connectivity index (χ3v) is 5.12. The lowest BCUT2D eigenvalue weighted by molar-refractivity contribution is -0.0520. The van der Waals surface area contributed by atoms with Gasteiger partial charge < -0.3 is 15.2 Å². The predicted octanol–water partition coefficient (Wildman–Crippen LogP) is 4.03. The van der Waals surface area contributed by atoms with Crippen LogP contribution >= 0.6 is 0 Å². The van der Waals surface area contributed by atoms with E-state index in [-0.39, 0.29) is 24.5 Å². The average Bonchev–Trinajstić information content (AvgIpc) is 2.63. The minimum absolute atomic E-state index is 0. The molecule has 0 atom stereocenters. The second-order valence-electron chi connectivity index (χ2n) is 6.90. The molecule has 0 radical (unpaired) electrons. The van der Waals surface area contributed by atoms with E-state index in [0.717, 1.165) is 12.1 Å². The van der Waals surface area contributed by atoms with E-state index in [4.69, 9.17) is 0 Å². The zero-order valence-electron chi connectivity index (χ0n) is 14.8. The van der Waals surface area contributed by atoms with Gasteiger partial charge in [-0.05, 0) is 44.2 Å². The number of hydrogen-bond donors (Lipinski definition) is 2. The van der Waals surface area contributed by atoms with Gasteiger partial charge in [0.1, 0.15) is 0 Å². The molecule has 1 aromatic carbocycles. The number of hydrogen-bond acceptors (Lipinski definition) is 4. The minimum atomic E-state index is -3.14. The molecule has 1 aliphatic carbocycles. The van der Waals surface area contributed by atoms with Gasteiger partial charge in [-0.3, -0.25) is 9.78 Å². The molecule has 0 aliphatic heterocycles. The number of aliphatic hydroxyl groups is 1. The molecule has 3 rings (SSSR count). The number of aromatic nitrogens is 1. The smallest absolute Gasteiger partial charge is 0.387 e. The van der Waals surface area contributed by atoms with Crippen LogP contribution in [0.25, 0.3) is 10.9 Å². The molecule has 2 N–H and O–H groups in total. The van der Waals surface area contributed by atoms with Crippen molar-refractivity contribution in [3.05, 3.63) is 35.8 Å². The fourth-order valence-corrected chi connectivity index (χ4v) is 3.36. The van der Waals surface area contributed by atoms with Crippen molar-refractivity contribution in [2.24, 2.45) is 0 Å². The number of nitrogens with zero attached hydrogens (tertiary/aromatic N) is 1. The second kappa shape index (κ2) is 7.72. The first kappa shape index (κ1) is 19.4. The average molecular weight is 384 g/mol. The Kier molecular flexibility index (Phi) is 5.55. The summed E-state index contributed by atoms with van der Waals surface area (Å²) in [7, 11) is 0. The van der Waals surface area contributed by atoms with Crippen molar-refractivity contribution in [1.29, 1.82) is 0 Å². The van der Waals surface area contributed by atoms with Crippen LogP contribution in [0.1, 0.15) is 50.8 Å².